The van der Waals surface area contributed by atoms with E-state index < -0.39 is 6.04 Å². The van der Waals surface area contributed by atoms with Gasteiger partial charge in [-0.2, -0.15) is 10.1 Å². The Bertz CT molecular complexity index is 1120. The summed E-state index contributed by atoms with van der Waals surface area (Å²) in [6.45, 7) is 3.77. The number of hydrogen-bond donors (Lipinski definition) is 3. The molecule has 29 heavy (non-hydrogen) atoms. The monoisotopic (exact) mass is 391 g/mol. The maximum atomic E-state index is 13.3. The predicted octanol–water partition coefficient (Wildman–Crippen LogP) is 3.23. The van der Waals surface area contributed by atoms with Crippen molar-refractivity contribution in [1.29, 1.82) is 0 Å². The van der Waals surface area contributed by atoms with E-state index in [0.29, 0.717) is 23.0 Å². The van der Waals surface area contributed by atoms with Gasteiger partial charge in [0.05, 0.1) is 12.7 Å². The molecule has 0 radical (unpaired) electrons. The third-order valence-corrected chi connectivity index (χ3v) is 4.95. The van der Waals surface area contributed by atoms with E-state index >= 15 is 0 Å². The van der Waals surface area contributed by atoms with Crippen LogP contribution in [-0.2, 0) is 4.79 Å². The molecule has 0 bridgehead atoms. The van der Waals surface area contributed by atoms with Crippen molar-refractivity contribution in [2.45, 2.75) is 19.9 Å². The number of aryl methyl sites for hydroxylation is 1. The van der Waals surface area contributed by atoms with Gasteiger partial charge < -0.3 is 20.5 Å². The van der Waals surface area contributed by atoms with Gasteiger partial charge in [0, 0.05) is 11.4 Å². The topological polar surface area (TPSA) is 101 Å². The summed E-state index contributed by atoms with van der Waals surface area (Å²) in [4.78, 5) is 17.5. The molecule has 2 heterocycles. The highest BCUT2D eigenvalue weighted by atomic mass is 16.5. The lowest BCUT2D eigenvalue weighted by molar-refractivity contribution is -0.113. The largest absolute Gasteiger partial charge is 0.504 e. The minimum atomic E-state index is -0.535. The Morgan fingerprint density at radius 2 is 2.03 bits per heavy atom. The number of carbonyl (C=O) groups excluding carboxylic acids is 1. The summed E-state index contributed by atoms with van der Waals surface area (Å²) < 4.78 is 6.90. The summed E-state index contributed by atoms with van der Waals surface area (Å²) in [5.41, 5.74) is 3.62. The first kappa shape index (κ1) is 18.5. The molecule has 0 fully saturated rings. The number of aromatic hydroxyl groups is 1. The second-order valence-electron chi connectivity index (χ2n) is 6.79. The van der Waals surface area contributed by atoms with Crippen molar-refractivity contribution >= 4 is 17.5 Å². The molecule has 1 atom stereocenters. The number of nitrogens with one attached hydrogen (secondary N) is 2. The number of hydrogen-bond acceptors (Lipinski definition) is 6. The minimum absolute atomic E-state index is 0.0237. The summed E-state index contributed by atoms with van der Waals surface area (Å²) in [7, 11) is 1.48. The molecule has 8 heteroatoms. The first-order valence-electron chi connectivity index (χ1n) is 9.10. The van der Waals surface area contributed by atoms with Crippen LogP contribution in [0.15, 0.2) is 60.1 Å². The quantitative estimate of drug-likeness (QED) is 0.631. The predicted molar refractivity (Wildman–Crippen MR) is 109 cm³/mol. The Hall–Kier alpha value is -3.81. The second-order valence-corrected chi connectivity index (χ2v) is 6.79. The van der Waals surface area contributed by atoms with E-state index in [1.807, 2.05) is 38.1 Å². The molecule has 1 aliphatic rings. The van der Waals surface area contributed by atoms with Crippen LogP contribution in [-0.4, -0.2) is 32.9 Å². The van der Waals surface area contributed by atoms with Gasteiger partial charge in [0.1, 0.15) is 12.4 Å². The van der Waals surface area contributed by atoms with Crippen molar-refractivity contribution in [1.82, 2.24) is 14.8 Å². The van der Waals surface area contributed by atoms with Crippen LogP contribution in [0, 0.1) is 6.92 Å². The molecule has 1 aliphatic heterocycles. The summed E-state index contributed by atoms with van der Waals surface area (Å²) in [6.07, 6.45) is 1.43. The Morgan fingerprint density at radius 3 is 2.79 bits per heavy atom. The molecule has 0 saturated heterocycles. The number of phenolic OH excluding ortho intramolecular Hbond substituents is 1. The van der Waals surface area contributed by atoms with E-state index in [-0.39, 0.29) is 11.7 Å². The van der Waals surface area contributed by atoms with Gasteiger partial charge in [-0.1, -0.05) is 24.3 Å². The highest BCUT2D eigenvalue weighted by Crippen LogP contribution is 2.38. The Morgan fingerprint density at radius 1 is 1.24 bits per heavy atom. The molecule has 1 aromatic heterocycles. The van der Waals surface area contributed by atoms with Crippen LogP contribution < -0.4 is 15.4 Å². The van der Waals surface area contributed by atoms with E-state index in [4.69, 9.17) is 4.74 Å². The van der Waals surface area contributed by atoms with Crippen molar-refractivity contribution in [2.75, 3.05) is 17.7 Å². The number of benzene rings is 2. The van der Waals surface area contributed by atoms with Gasteiger partial charge in [-0.25, -0.2) is 4.68 Å². The van der Waals surface area contributed by atoms with Crippen LogP contribution in [0.25, 0.3) is 0 Å². The first-order valence-corrected chi connectivity index (χ1v) is 9.10. The number of allylic oxidation sites excluding steroid dienone is 1. The molecular formula is C21H21N5O3. The fourth-order valence-electron chi connectivity index (χ4n) is 3.46. The van der Waals surface area contributed by atoms with Gasteiger partial charge in [-0.3, -0.25) is 4.79 Å². The molecule has 1 amide bonds. The highest BCUT2D eigenvalue weighted by Gasteiger charge is 2.34. The van der Waals surface area contributed by atoms with Crippen molar-refractivity contribution < 1.29 is 14.6 Å². The van der Waals surface area contributed by atoms with E-state index in [1.165, 1.54) is 13.4 Å². The molecule has 0 spiro atoms. The van der Waals surface area contributed by atoms with Crippen LogP contribution in [0.2, 0.25) is 0 Å². The molecule has 0 saturated carbocycles. The molecular weight excluding hydrogens is 370 g/mol. The fourth-order valence-corrected chi connectivity index (χ4v) is 3.46. The minimum Gasteiger partial charge on any atom is -0.504 e. The maximum Gasteiger partial charge on any atom is 0.255 e. The normalized spacial score (nSPS) is 15.5. The summed E-state index contributed by atoms with van der Waals surface area (Å²) >= 11 is 0. The van der Waals surface area contributed by atoms with Gasteiger partial charge in [-0.05, 0) is 43.2 Å². The van der Waals surface area contributed by atoms with Gasteiger partial charge in [0.25, 0.3) is 5.91 Å². The van der Waals surface area contributed by atoms with E-state index in [9.17, 15) is 9.90 Å². The van der Waals surface area contributed by atoms with Crippen LogP contribution in [0.5, 0.6) is 11.5 Å². The standard InChI is InChI=1S/C21H21N5O3/c1-12-6-4-5-7-15(12)25-20(28)18-13(2)24-21-22-11-23-26(21)19(18)14-8-9-16(27)17(10-14)29-3/h4-11,19,27H,1-3H3,(H,25,28)(H,22,23,24)/t19-/m0/s1. The summed E-state index contributed by atoms with van der Waals surface area (Å²) in [5, 5.41) is 20.4. The number of nitrogens with zero attached hydrogens (tertiary/aromatic N) is 3. The van der Waals surface area contributed by atoms with Crippen LogP contribution >= 0.6 is 0 Å². The number of ether oxygens (including phenoxy) is 1. The Labute approximate surface area is 167 Å². The zero-order chi connectivity index (χ0) is 20.5. The SMILES string of the molecule is COc1cc([C@H]2C(C(=O)Nc3ccccc3C)=C(C)Nc3ncnn32)ccc1O. The lowest BCUT2D eigenvalue weighted by Crippen LogP contribution is -2.31. The average molecular weight is 391 g/mol. The van der Waals surface area contributed by atoms with Crippen molar-refractivity contribution in [3.05, 3.63) is 71.2 Å². The number of phenols is 1. The molecule has 4 rings (SSSR count). The zero-order valence-corrected chi connectivity index (χ0v) is 16.3. The summed E-state index contributed by atoms with van der Waals surface area (Å²) in [6, 6.07) is 12.0. The fraction of sp³-hybridized carbons (Fsp3) is 0.190. The number of aromatic nitrogens is 3. The highest BCUT2D eigenvalue weighted by molar-refractivity contribution is 6.06. The number of methoxy groups -OCH3 is 1. The van der Waals surface area contributed by atoms with Crippen LogP contribution in [0.3, 0.4) is 0 Å². The first-order chi connectivity index (χ1) is 14.0. The second kappa shape index (κ2) is 7.31. The molecule has 8 nitrogen and oxygen atoms in total. The third-order valence-electron chi connectivity index (χ3n) is 4.95. The average Bonchev–Trinajstić information content (AvgIpc) is 3.17. The number of fused-ring (bicyclic) bond motifs is 1. The van der Waals surface area contributed by atoms with E-state index in [1.54, 1.807) is 22.9 Å². The zero-order valence-electron chi connectivity index (χ0n) is 16.3. The van der Waals surface area contributed by atoms with E-state index in [0.717, 1.165) is 16.8 Å². The number of amides is 1. The van der Waals surface area contributed by atoms with Gasteiger partial charge >= 0.3 is 0 Å². The molecule has 3 aromatic rings. The Balaban J connectivity index is 1.80. The molecule has 2 aromatic carbocycles. The maximum absolute atomic E-state index is 13.3. The number of anilines is 2. The lowest BCUT2D eigenvalue weighted by atomic mass is 9.94. The number of rotatable bonds is 4. The van der Waals surface area contributed by atoms with Crippen LogP contribution in [0.4, 0.5) is 11.6 Å². The van der Waals surface area contributed by atoms with Gasteiger partial charge in [-0.15, -0.1) is 0 Å². The third kappa shape index (κ3) is 3.29. The number of carbonyl (C=O) groups is 1. The Kier molecular flexibility index (Phi) is 4.67. The molecule has 148 valence electrons. The smallest absolute Gasteiger partial charge is 0.255 e. The summed E-state index contributed by atoms with van der Waals surface area (Å²) in [5.74, 6) is 0.629. The van der Waals surface area contributed by atoms with Crippen molar-refractivity contribution in [3.63, 3.8) is 0 Å². The van der Waals surface area contributed by atoms with Crippen LogP contribution in [0.1, 0.15) is 24.1 Å². The molecule has 0 unspecified atom stereocenters. The van der Waals surface area contributed by atoms with E-state index in [2.05, 4.69) is 20.7 Å². The molecule has 0 aliphatic carbocycles. The van der Waals surface area contributed by atoms with Crippen molar-refractivity contribution in [2.24, 2.45) is 0 Å². The molecule has 3 N–H and O–H groups in total. The van der Waals surface area contributed by atoms with Crippen molar-refractivity contribution in [3.8, 4) is 11.5 Å². The van der Waals surface area contributed by atoms with Gasteiger partial charge in [0.15, 0.2) is 11.5 Å². The lowest BCUT2D eigenvalue weighted by Gasteiger charge is -2.29. The van der Waals surface area contributed by atoms with Gasteiger partial charge in [0.2, 0.25) is 5.95 Å². The number of para-hydroxylation sites is 1.